The molecule has 1 amide bonds. The zero-order chi connectivity index (χ0) is 17.5. The SMILES string of the molecule is O=C(O)CCCC(=O)Nc1cc(Cl)ccc1C(=O)c1ccccc1. The molecule has 0 atom stereocenters. The van der Waals surface area contributed by atoms with Crippen LogP contribution in [-0.2, 0) is 9.59 Å². The molecule has 2 N–H and O–H groups in total. The molecule has 2 rings (SSSR count). The maximum atomic E-state index is 12.6. The average molecular weight is 346 g/mol. The van der Waals surface area contributed by atoms with Crippen molar-refractivity contribution < 1.29 is 19.5 Å². The molecule has 24 heavy (non-hydrogen) atoms. The first-order chi connectivity index (χ1) is 11.5. The Bertz CT molecular complexity index is 759. The fraction of sp³-hybridized carbons (Fsp3) is 0.167. The predicted octanol–water partition coefficient (Wildman–Crippen LogP) is 3.76. The third kappa shape index (κ3) is 4.93. The molecule has 6 heteroatoms. The molecule has 0 aromatic heterocycles. The summed E-state index contributed by atoms with van der Waals surface area (Å²) in [5.74, 6) is -1.54. The number of ketones is 1. The van der Waals surface area contributed by atoms with E-state index in [4.69, 9.17) is 16.7 Å². The molecule has 0 radical (unpaired) electrons. The Kier molecular flexibility index (Phi) is 6.09. The van der Waals surface area contributed by atoms with E-state index in [0.717, 1.165) is 0 Å². The first kappa shape index (κ1) is 17.7. The summed E-state index contributed by atoms with van der Waals surface area (Å²) in [5.41, 5.74) is 1.15. The van der Waals surface area contributed by atoms with Crippen molar-refractivity contribution in [1.82, 2.24) is 0 Å². The largest absolute Gasteiger partial charge is 0.481 e. The number of aliphatic carboxylic acids is 1. The third-order valence-electron chi connectivity index (χ3n) is 3.33. The van der Waals surface area contributed by atoms with Crippen molar-refractivity contribution >= 4 is 34.9 Å². The van der Waals surface area contributed by atoms with Crippen molar-refractivity contribution in [2.75, 3.05) is 5.32 Å². The molecule has 0 fully saturated rings. The molecule has 0 aliphatic rings. The van der Waals surface area contributed by atoms with Crippen molar-refractivity contribution in [3.05, 3.63) is 64.7 Å². The summed E-state index contributed by atoms with van der Waals surface area (Å²) in [4.78, 5) is 35.0. The average Bonchev–Trinajstić information content (AvgIpc) is 2.55. The van der Waals surface area contributed by atoms with E-state index in [2.05, 4.69) is 5.32 Å². The quantitative estimate of drug-likeness (QED) is 0.748. The first-order valence-electron chi connectivity index (χ1n) is 7.38. The minimum Gasteiger partial charge on any atom is -0.481 e. The molecular weight excluding hydrogens is 330 g/mol. The van der Waals surface area contributed by atoms with Gasteiger partial charge >= 0.3 is 5.97 Å². The predicted molar refractivity (Wildman–Crippen MR) is 91.4 cm³/mol. The molecule has 5 nitrogen and oxygen atoms in total. The van der Waals surface area contributed by atoms with Crippen LogP contribution in [-0.4, -0.2) is 22.8 Å². The van der Waals surface area contributed by atoms with Crippen molar-refractivity contribution in [3.8, 4) is 0 Å². The number of amides is 1. The number of benzene rings is 2. The molecule has 0 bridgehead atoms. The van der Waals surface area contributed by atoms with E-state index < -0.39 is 5.97 Å². The van der Waals surface area contributed by atoms with E-state index in [0.29, 0.717) is 21.8 Å². The van der Waals surface area contributed by atoms with Gasteiger partial charge in [-0.1, -0.05) is 41.9 Å². The smallest absolute Gasteiger partial charge is 0.303 e. The molecular formula is C18H16ClNO4. The van der Waals surface area contributed by atoms with E-state index in [1.54, 1.807) is 36.4 Å². The number of hydrogen-bond donors (Lipinski definition) is 2. The van der Waals surface area contributed by atoms with E-state index in [9.17, 15) is 14.4 Å². The van der Waals surface area contributed by atoms with Gasteiger partial charge < -0.3 is 10.4 Å². The van der Waals surface area contributed by atoms with Gasteiger partial charge in [-0.05, 0) is 24.6 Å². The number of rotatable bonds is 7. The van der Waals surface area contributed by atoms with Crippen LogP contribution < -0.4 is 5.32 Å². The molecule has 2 aromatic carbocycles. The Labute approximate surface area is 144 Å². The Morgan fingerprint density at radius 3 is 2.38 bits per heavy atom. The molecule has 0 aliphatic carbocycles. The van der Waals surface area contributed by atoms with Crippen LogP contribution in [0.5, 0.6) is 0 Å². The highest BCUT2D eigenvalue weighted by Crippen LogP contribution is 2.24. The number of hydrogen-bond acceptors (Lipinski definition) is 3. The Balaban J connectivity index is 2.17. The summed E-state index contributed by atoms with van der Waals surface area (Å²) in [6.07, 6.45) is 0.195. The molecule has 0 saturated heterocycles. The second-order valence-corrected chi connectivity index (χ2v) is 5.62. The highest BCUT2D eigenvalue weighted by atomic mass is 35.5. The van der Waals surface area contributed by atoms with E-state index in [-0.39, 0.29) is 31.0 Å². The molecule has 124 valence electrons. The molecule has 2 aromatic rings. The van der Waals surface area contributed by atoms with Crippen LogP contribution in [0.4, 0.5) is 5.69 Å². The number of anilines is 1. The second kappa shape index (κ2) is 8.26. The summed E-state index contributed by atoms with van der Waals surface area (Å²) in [7, 11) is 0. The maximum absolute atomic E-state index is 12.6. The van der Waals surface area contributed by atoms with Gasteiger partial charge in [0, 0.05) is 29.0 Å². The Hall–Kier alpha value is -2.66. The number of carboxylic acids is 1. The van der Waals surface area contributed by atoms with Crippen LogP contribution >= 0.6 is 11.6 Å². The zero-order valence-electron chi connectivity index (χ0n) is 12.8. The summed E-state index contributed by atoms with van der Waals surface area (Å²) in [6, 6.07) is 13.4. The minimum absolute atomic E-state index is 0.0534. The lowest BCUT2D eigenvalue weighted by Crippen LogP contribution is -2.15. The Morgan fingerprint density at radius 2 is 1.71 bits per heavy atom. The van der Waals surface area contributed by atoms with Gasteiger partial charge in [0.2, 0.25) is 5.91 Å². The lowest BCUT2D eigenvalue weighted by molar-refractivity contribution is -0.137. The van der Waals surface area contributed by atoms with E-state index in [1.165, 1.54) is 6.07 Å². The number of carbonyl (C=O) groups excluding carboxylic acids is 2. The van der Waals surface area contributed by atoms with Gasteiger partial charge in [-0.25, -0.2) is 0 Å². The highest BCUT2D eigenvalue weighted by Gasteiger charge is 2.16. The molecule has 0 spiro atoms. The second-order valence-electron chi connectivity index (χ2n) is 5.18. The molecule has 0 unspecified atom stereocenters. The standard InChI is InChI=1S/C18H16ClNO4/c19-13-9-10-14(18(24)12-5-2-1-3-6-12)15(11-13)20-16(21)7-4-8-17(22)23/h1-3,5-6,9-11H,4,7-8H2,(H,20,21)(H,22,23). The summed E-state index contributed by atoms with van der Waals surface area (Å²) >= 11 is 5.96. The van der Waals surface area contributed by atoms with Crippen molar-refractivity contribution in [3.63, 3.8) is 0 Å². The van der Waals surface area contributed by atoms with Crippen molar-refractivity contribution in [2.45, 2.75) is 19.3 Å². The van der Waals surface area contributed by atoms with E-state index in [1.807, 2.05) is 6.07 Å². The van der Waals surface area contributed by atoms with Gasteiger partial charge in [0.25, 0.3) is 0 Å². The van der Waals surface area contributed by atoms with Crippen LogP contribution in [0.15, 0.2) is 48.5 Å². The number of halogens is 1. The van der Waals surface area contributed by atoms with Gasteiger partial charge in [0.15, 0.2) is 5.78 Å². The van der Waals surface area contributed by atoms with Crippen molar-refractivity contribution in [2.24, 2.45) is 0 Å². The van der Waals surface area contributed by atoms with Gasteiger partial charge in [0.05, 0.1) is 5.69 Å². The van der Waals surface area contributed by atoms with E-state index >= 15 is 0 Å². The van der Waals surface area contributed by atoms with Crippen LogP contribution in [0.2, 0.25) is 5.02 Å². The highest BCUT2D eigenvalue weighted by molar-refractivity contribution is 6.31. The van der Waals surface area contributed by atoms with Crippen LogP contribution in [0.25, 0.3) is 0 Å². The lowest BCUT2D eigenvalue weighted by atomic mass is 10.0. The summed E-state index contributed by atoms with van der Waals surface area (Å²) in [6.45, 7) is 0. The number of carboxylic acid groups (broad SMARTS) is 1. The normalized spacial score (nSPS) is 10.2. The Morgan fingerprint density at radius 1 is 1.00 bits per heavy atom. The fourth-order valence-electron chi connectivity index (χ4n) is 2.18. The molecule has 0 heterocycles. The zero-order valence-corrected chi connectivity index (χ0v) is 13.5. The van der Waals surface area contributed by atoms with Gasteiger partial charge in [-0.15, -0.1) is 0 Å². The maximum Gasteiger partial charge on any atom is 0.303 e. The molecule has 0 aliphatic heterocycles. The van der Waals surface area contributed by atoms with Gasteiger partial charge in [-0.2, -0.15) is 0 Å². The summed E-state index contributed by atoms with van der Waals surface area (Å²) < 4.78 is 0. The van der Waals surface area contributed by atoms with Crippen LogP contribution in [0, 0.1) is 0 Å². The molecule has 0 saturated carbocycles. The third-order valence-corrected chi connectivity index (χ3v) is 3.57. The minimum atomic E-state index is -0.953. The van der Waals surface area contributed by atoms with Gasteiger partial charge in [0.1, 0.15) is 0 Å². The van der Waals surface area contributed by atoms with Crippen LogP contribution in [0.3, 0.4) is 0 Å². The van der Waals surface area contributed by atoms with Crippen molar-refractivity contribution in [1.29, 1.82) is 0 Å². The number of carbonyl (C=O) groups is 3. The topological polar surface area (TPSA) is 83.5 Å². The number of nitrogens with one attached hydrogen (secondary N) is 1. The summed E-state index contributed by atoms with van der Waals surface area (Å²) in [5, 5.41) is 11.6. The monoisotopic (exact) mass is 345 g/mol. The lowest BCUT2D eigenvalue weighted by Gasteiger charge is -2.11. The van der Waals surface area contributed by atoms with Gasteiger partial charge in [-0.3, -0.25) is 14.4 Å². The first-order valence-corrected chi connectivity index (χ1v) is 7.76. The fourth-order valence-corrected chi connectivity index (χ4v) is 2.35. The van der Waals surface area contributed by atoms with Crippen LogP contribution in [0.1, 0.15) is 35.2 Å².